The van der Waals surface area contributed by atoms with Gasteiger partial charge in [0.2, 0.25) is 0 Å². The van der Waals surface area contributed by atoms with Gasteiger partial charge < -0.3 is 5.11 Å². The van der Waals surface area contributed by atoms with Gasteiger partial charge in [-0.25, -0.2) is 4.79 Å². The molecule has 16 heavy (non-hydrogen) atoms. The molecule has 1 aromatic carbocycles. The highest BCUT2D eigenvalue weighted by molar-refractivity contribution is 7.99. The van der Waals surface area contributed by atoms with Crippen LogP contribution >= 0.6 is 11.8 Å². The monoisotopic (exact) mass is 232 g/mol. The van der Waals surface area contributed by atoms with Crippen LogP contribution in [0.25, 0.3) is 0 Å². The third kappa shape index (κ3) is 2.58. The molecule has 0 aliphatic carbocycles. The molecule has 5 heteroatoms. The number of carboxylic acids is 1. The first-order valence-corrected chi connectivity index (χ1v) is 5.37. The molecule has 1 heterocycles. The van der Waals surface area contributed by atoms with Crippen molar-refractivity contribution >= 4 is 17.7 Å². The molecule has 0 amide bonds. The molecule has 0 aliphatic rings. The van der Waals surface area contributed by atoms with Crippen LogP contribution in [-0.2, 0) is 0 Å². The molecule has 0 saturated carbocycles. The maximum Gasteiger partial charge on any atom is 0.356 e. The molecule has 1 N–H and O–H groups in total. The van der Waals surface area contributed by atoms with E-state index in [9.17, 15) is 4.79 Å². The molecule has 2 aromatic rings. The van der Waals surface area contributed by atoms with Crippen molar-refractivity contribution in [3.05, 3.63) is 48.2 Å². The summed E-state index contributed by atoms with van der Waals surface area (Å²) in [5.74, 6) is -1.07. The van der Waals surface area contributed by atoms with E-state index in [1.165, 1.54) is 17.8 Å². The maximum atomic E-state index is 10.6. The van der Waals surface area contributed by atoms with Crippen molar-refractivity contribution in [3.63, 3.8) is 0 Å². The minimum Gasteiger partial charge on any atom is -0.476 e. The van der Waals surface area contributed by atoms with Crippen molar-refractivity contribution in [1.82, 2.24) is 10.2 Å². The van der Waals surface area contributed by atoms with Crippen molar-refractivity contribution < 1.29 is 9.90 Å². The lowest BCUT2D eigenvalue weighted by molar-refractivity contribution is 0.0689. The summed E-state index contributed by atoms with van der Waals surface area (Å²) >= 11 is 1.44. The van der Waals surface area contributed by atoms with Gasteiger partial charge in [0, 0.05) is 4.90 Å². The summed E-state index contributed by atoms with van der Waals surface area (Å²) in [7, 11) is 0. The van der Waals surface area contributed by atoms with Crippen LogP contribution < -0.4 is 0 Å². The fourth-order valence-electron chi connectivity index (χ4n) is 1.10. The number of rotatable bonds is 3. The fraction of sp³-hybridized carbons (Fsp3) is 0. The SMILES string of the molecule is O=C(O)c1ccc(Sc2ccccc2)nn1. The molecule has 0 saturated heterocycles. The molecule has 0 unspecified atom stereocenters. The van der Waals surface area contributed by atoms with E-state index in [0.717, 1.165) is 4.90 Å². The van der Waals surface area contributed by atoms with Crippen LogP contribution in [0.15, 0.2) is 52.4 Å². The molecule has 0 bridgehead atoms. The number of benzene rings is 1. The Labute approximate surface area is 96.3 Å². The number of hydrogen-bond donors (Lipinski definition) is 1. The van der Waals surface area contributed by atoms with Gasteiger partial charge in [-0.2, -0.15) is 0 Å². The summed E-state index contributed by atoms with van der Waals surface area (Å²) < 4.78 is 0. The van der Waals surface area contributed by atoms with Gasteiger partial charge >= 0.3 is 5.97 Å². The molecule has 2 rings (SSSR count). The molecule has 0 atom stereocenters. The van der Waals surface area contributed by atoms with Gasteiger partial charge in [-0.05, 0) is 24.3 Å². The lowest BCUT2D eigenvalue weighted by Gasteiger charge is -1.99. The quantitative estimate of drug-likeness (QED) is 0.879. The predicted molar refractivity (Wildman–Crippen MR) is 59.6 cm³/mol. The first-order valence-electron chi connectivity index (χ1n) is 4.55. The Morgan fingerprint density at radius 1 is 1.06 bits per heavy atom. The first-order chi connectivity index (χ1) is 7.75. The molecule has 4 nitrogen and oxygen atoms in total. The average molecular weight is 232 g/mol. The van der Waals surface area contributed by atoms with Crippen molar-refractivity contribution in [2.24, 2.45) is 0 Å². The molecule has 0 spiro atoms. The van der Waals surface area contributed by atoms with E-state index >= 15 is 0 Å². The van der Waals surface area contributed by atoms with E-state index in [-0.39, 0.29) is 5.69 Å². The summed E-state index contributed by atoms with van der Waals surface area (Å²) in [6.45, 7) is 0. The predicted octanol–water partition coefficient (Wildman–Crippen LogP) is 2.33. The summed E-state index contributed by atoms with van der Waals surface area (Å²) in [6, 6.07) is 12.8. The zero-order valence-electron chi connectivity index (χ0n) is 8.20. The van der Waals surface area contributed by atoms with E-state index in [1.54, 1.807) is 6.07 Å². The van der Waals surface area contributed by atoms with Gasteiger partial charge in [0.05, 0.1) is 0 Å². The number of nitrogens with zero attached hydrogens (tertiary/aromatic N) is 2. The van der Waals surface area contributed by atoms with Gasteiger partial charge in [-0.1, -0.05) is 30.0 Å². The summed E-state index contributed by atoms with van der Waals surface area (Å²) in [4.78, 5) is 11.6. The Kier molecular flexibility index (Phi) is 3.16. The van der Waals surface area contributed by atoms with E-state index in [2.05, 4.69) is 10.2 Å². The van der Waals surface area contributed by atoms with Crippen LogP contribution in [0, 0.1) is 0 Å². The minimum atomic E-state index is -1.07. The molecule has 1 aromatic heterocycles. The second-order valence-corrected chi connectivity index (χ2v) is 4.07. The lowest BCUT2D eigenvalue weighted by atomic mass is 10.4. The average Bonchev–Trinajstić information content (AvgIpc) is 2.31. The molecule has 80 valence electrons. The Balaban J connectivity index is 2.14. The second kappa shape index (κ2) is 4.76. The zero-order valence-corrected chi connectivity index (χ0v) is 9.02. The Morgan fingerprint density at radius 3 is 2.38 bits per heavy atom. The molecule has 0 aliphatic heterocycles. The van der Waals surface area contributed by atoms with E-state index in [4.69, 9.17) is 5.11 Å². The third-order valence-corrected chi connectivity index (χ3v) is 2.76. The molecular weight excluding hydrogens is 224 g/mol. The van der Waals surface area contributed by atoms with Gasteiger partial charge in [-0.3, -0.25) is 0 Å². The molecule has 0 radical (unpaired) electrons. The van der Waals surface area contributed by atoms with E-state index in [0.29, 0.717) is 5.03 Å². The van der Waals surface area contributed by atoms with Gasteiger partial charge in [0.25, 0.3) is 0 Å². The van der Waals surface area contributed by atoms with Crippen molar-refractivity contribution in [3.8, 4) is 0 Å². The Morgan fingerprint density at radius 2 is 1.81 bits per heavy atom. The minimum absolute atomic E-state index is 0.0441. The highest BCUT2D eigenvalue weighted by atomic mass is 32.2. The number of aromatic nitrogens is 2. The Bertz CT molecular complexity index is 485. The summed E-state index contributed by atoms with van der Waals surface area (Å²) in [5.41, 5.74) is -0.0441. The van der Waals surface area contributed by atoms with Crippen LogP contribution in [-0.4, -0.2) is 21.3 Å². The normalized spacial score (nSPS) is 10.0. The third-order valence-electron chi connectivity index (χ3n) is 1.82. The standard InChI is InChI=1S/C11H8N2O2S/c14-11(15)9-6-7-10(13-12-9)16-8-4-2-1-3-5-8/h1-7H,(H,14,15). The van der Waals surface area contributed by atoms with Crippen LogP contribution in [0.3, 0.4) is 0 Å². The van der Waals surface area contributed by atoms with Crippen LogP contribution in [0.5, 0.6) is 0 Å². The highest BCUT2D eigenvalue weighted by Gasteiger charge is 2.05. The number of aromatic carboxylic acids is 1. The van der Waals surface area contributed by atoms with Crippen LogP contribution in [0.1, 0.15) is 10.5 Å². The van der Waals surface area contributed by atoms with Crippen molar-refractivity contribution in [2.45, 2.75) is 9.92 Å². The maximum absolute atomic E-state index is 10.6. The largest absolute Gasteiger partial charge is 0.476 e. The summed E-state index contributed by atoms with van der Waals surface area (Å²) in [6.07, 6.45) is 0. The van der Waals surface area contributed by atoms with Crippen LogP contribution in [0.2, 0.25) is 0 Å². The number of carboxylic acid groups (broad SMARTS) is 1. The number of carbonyl (C=O) groups is 1. The van der Waals surface area contributed by atoms with Crippen LogP contribution in [0.4, 0.5) is 0 Å². The smallest absolute Gasteiger partial charge is 0.356 e. The summed E-state index contributed by atoms with van der Waals surface area (Å²) in [5, 5.41) is 16.8. The second-order valence-electron chi connectivity index (χ2n) is 2.98. The van der Waals surface area contributed by atoms with Gasteiger partial charge in [0.15, 0.2) is 5.69 Å². The zero-order chi connectivity index (χ0) is 11.4. The topological polar surface area (TPSA) is 63.1 Å². The number of hydrogen-bond acceptors (Lipinski definition) is 4. The van der Waals surface area contributed by atoms with Crippen molar-refractivity contribution in [2.75, 3.05) is 0 Å². The first kappa shape index (κ1) is 10.6. The fourth-order valence-corrected chi connectivity index (χ4v) is 1.85. The molecule has 0 fully saturated rings. The Hall–Kier alpha value is -1.88. The van der Waals surface area contributed by atoms with E-state index in [1.807, 2.05) is 30.3 Å². The highest BCUT2D eigenvalue weighted by Crippen LogP contribution is 2.24. The van der Waals surface area contributed by atoms with Gasteiger partial charge in [0.1, 0.15) is 5.03 Å². The van der Waals surface area contributed by atoms with Gasteiger partial charge in [-0.15, -0.1) is 10.2 Å². The lowest BCUT2D eigenvalue weighted by Crippen LogP contribution is -2.01. The molecular formula is C11H8N2O2S. The van der Waals surface area contributed by atoms with Crippen molar-refractivity contribution in [1.29, 1.82) is 0 Å². The van der Waals surface area contributed by atoms with E-state index < -0.39 is 5.97 Å².